The van der Waals surface area contributed by atoms with Crippen LogP contribution in [-0.4, -0.2) is 47.3 Å². The van der Waals surface area contributed by atoms with Crippen LogP contribution in [0.3, 0.4) is 0 Å². The molecule has 4 nitrogen and oxygen atoms in total. The van der Waals surface area contributed by atoms with E-state index in [4.69, 9.17) is 4.74 Å². The zero-order valence-electron chi connectivity index (χ0n) is 11.8. The van der Waals surface area contributed by atoms with Gasteiger partial charge in [-0.25, -0.2) is 0 Å². The van der Waals surface area contributed by atoms with Crippen molar-refractivity contribution >= 4 is 0 Å². The molecule has 0 heterocycles. The summed E-state index contributed by atoms with van der Waals surface area (Å²) in [6, 6.07) is 0. The SMILES string of the molecule is CC(C)(C)CC(C)(C)OCC(CO)(CO)CO. The fourth-order valence-corrected chi connectivity index (χ4v) is 1.96. The molecule has 0 saturated carbocycles. The van der Waals surface area contributed by atoms with Gasteiger partial charge in [0.25, 0.3) is 0 Å². The molecule has 0 bridgehead atoms. The molecule has 0 fully saturated rings. The van der Waals surface area contributed by atoms with Crippen LogP contribution in [-0.2, 0) is 4.74 Å². The minimum Gasteiger partial charge on any atom is -0.396 e. The van der Waals surface area contributed by atoms with Crippen LogP contribution in [0.15, 0.2) is 0 Å². The van der Waals surface area contributed by atoms with Crippen LogP contribution >= 0.6 is 0 Å². The monoisotopic (exact) mass is 248 g/mol. The zero-order valence-corrected chi connectivity index (χ0v) is 11.8. The van der Waals surface area contributed by atoms with Gasteiger partial charge in [0.05, 0.1) is 37.4 Å². The van der Waals surface area contributed by atoms with Gasteiger partial charge in [0.1, 0.15) is 0 Å². The van der Waals surface area contributed by atoms with Crippen LogP contribution in [0.25, 0.3) is 0 Å². The minimum atomic E-state index is -0.949. The summed E-state index contributed by atoms with van der Waals surface area (Å²) in [6.45, 7) is 9.66. The van der Waals surface area contributed by atoms with Gasteiger partial charge in [0.2, 0.25) is 0 Å². The molecule has 0 amide bonds. The summed E-state index contributed by atoms with van der Waals surface area (Å²) < 4.78 is 5.76. The lowest BCUT2D eigenvalue weighted by atomic mass is 9.83. The Morgan fingerprint density at radius 3 is 1.53 bits per heavy atom. The van der Waals surface area contributed by atoms with Gasteiger partial charge in [-0.2, -0.15) is 0 Å². The summed E-state index contributed by atoms with van der Waals surface area (Å²) >= 11 is 0. The molecular weight excluding hydrogens is 220 g/mol. The Balaban J connectivity index is 4.43. The van der Waals surface area contributed by atoms with Gasteiger partial charge in [-0.05, 0) is 25.7 Å². The standard InChI is InChI=1S/C13H28O4/c1-11(2,3)6-12(4,5)17-10-13(7-14,8-15)9-16/h14-16H,6-10H2,1-5H3. The summed E-state index contributed by atoms with van der Waals surface area (Å²) in [4.78, 5) is 0. The van der Waals surface area contributed by atoms with E-state index in [1.165, 1.54) is 0 Å². The van der Waals surface area contributed by atoms with Gasteiger partial charge < -0.3 is 20.1 Å². The van der Waals surface area contributed by atoms with Gasteiger partial charge >= 0.3 is 0 Å². The smallest absolute Gasteiger partial charge is 0.0631 e. The molecule has 0 saturated heterocycles. The quantitative estimate of drug-likeness (QED) is 0.633. The Morgan fingerprint density at radius 2 is 1.24 bits per heavy atom. The van der Waals surface area contributed by atoms with Crippen molar-refractivity contribution in [2.75, 3.05) is 26.4 Å². The van der Waals surface area contributed by atoms with Crippen molar-refractivity contribution < 1.29 is 20.1 Å². The predicted octanol–water partition coefficient (Wildman–Crippen LogP) is 1.18. The molecule has 0 rings (SSSR count). The fourth-order valence-electron chi connectivity index (χ4n) is 1.96. The second-order valence-corrected chi connectivity index (χ2v) is 6.76. The average Bonchev–Trinajstić information content (AvgIpc) is 2.17. The molecular formula is C13H28O4. The van der Waals surface area contributed by atoms with Gasteiger partial charge in [-0.1, -0.05) is 20.8 Å². The third-order valence-electron chi connectivity index (χ3n) is 2.73. The molecule has 0 aromatic heterocycles. The van der Waals surface area contributed by atoms with E-state index in [9.17, 15) is 15.3 Å². The van der Waals surface area contributed by atoms with Crippen LogP contribution in [0.4, 0.5) is 0 Å². The second kappa shape index (κ2) is 6.14. The van der Waals surface area contributed by atoms with Gasteiger partial charge in [-0.3, -0.25) is 0 Å². The van der Waals surface area contributed by atoms with Crippen molar-refractivity contribution in [1.82, 2.24) is 0 Å². The van der Waals surface area contributed by atoms with E-state index < -0.39 is 5.41 Å². The molecule has 0 atom stereocenters. The highest BCUT2D eigenvalue weighted by Gasteiger charge is 2.33. The van der Waals surface area contributed by atoms with Crippen LogP contribution in [0.1, 0.15) is 41.0 Å². The molecule has 104 valence electrons. The van der Waals surface area contributed by atoms with E-state index in [0.29, 0.717) is 0 Å². The summed E-state index contributed by atoms with van der Waals surface area (Å²) in [5, 5.41) is 27.6. The Hall–Kier alpha value is -0.160. The maximum Gasteiger partial charge on any atom is 0.0631 e. The molecule has 4 heteroatoms. The van der Waals surface area contributed by atoms with Gasteiger partial charge in [0, 0.05) is 0 Å². The van der Waals surface area contributed by atoms with Crippen molar-refractivity contribution in [1.29, 1.82) is 0 Å². The first kappa shape index (κ1) is 16.8. The first-order valence-electron chi connectivity index (χ1n) is 6.06. The number of rotatable bonds is 7. The molecule has 0 unspecified atom stereocenters. The van der Waals surface area contributed by atoms with E-state index in [1.54, 1.807) is 0 Å². The van der Waals surface area contributed by atoms with Crippen LogP contribution in [0, 0.1) is 10.8 Å². The number of ether oxygens (including phenoxy) is 1. The number of hydrogen-bond acceptors (Lipinski definition) is 4. The van der Waals surface area contributed by atoms with Gasteiger partial charge in [-0.15, -0.1) is 0 Å². The normalized spacial score (nSPS) is 14.1. The molecule has 0 aliphatic carbocycles. The summed E-state index contributed by atoms with van der Waals surface area (Å²) in [5.74, 6) is 0. The maximum absolute atomic E-state index is 9.21. The van der Waals surface area contributed by atoms with Crippen molar-refractivity contribution in [3.05, 3.63) is 0 Å². The number of hydrogen-bond donors (Lipinski definition) is 3. The second-order valence-electron chi connectivity index (χ2n) is 6.76. The number of aliphatic hydroxyl groups is 3. The molecule has 0 aliphatic heterocycles. The zero-order chi connectivity index (χ0) is 13.7. The average molecular weight is 248 g/mol. The van der Waals surface area contributed by atoms with E-state index in [0.717, 1.165) is 6.42 Å². The van der Waals surface area contributed by atoms with Gasteiger partial charge in [0.15, 0.2) is 0 Å². The molecule has 0 aromatic rings. The largest absolute Gasteiger partial charge is 0.396 e. The predicted molar refractivity (Wildman–Crippen MR) is 67.8 cm³/mol. The van der Waals surface area contributed by atoms with Crippen LogP contribution in [0.5, 0.6) is 0 Å². The van der Waals surface area contributed by atoms with Crippen molar-refractivity contribution in [3.8, 4) is 0 Å². The van der Waals surface area contributed by atoms with E-state index in [2.05, 4.69) is 20.8 Å². The Bertz CT molecular complexity index is 206. The highest BCUT2D eigenvalue weighted by atomic mass is 16.5. The van der Waals surface area contributed by atoms with E-state index in [-0.39, 0.29) is 37.4 Å². The molecule has 3 N–H and O–H groups in total. The Morgan fingerprint density at radius 1 is 0.824 bits per heavy atom. The van der Waals surface area contributed by atoms with Crippen molar-refractivity contribution in [3.63, 3.8) is 0 Å². The number of aliphatic hydroxyl groups excluding tert-OH is 3. The summed E-state index contributed by atoms with van der Waals surface area (Å²) in [7, 11) is 0. The molecule has 0 aliphatic rings. The highest BCUT2D eigenvalue weighted by molar-refractivity contribution is 4.81. The van der Waals surface area contributed by atoms with E-state index in [1.807, 2.05) is 13.8 Å². The summed E-state index contributed by atoms with van der Waals surface area (Å²) in [5.41, 5.74) is -1.15. The molecule has 17 heavy (non-hydrogen) atoms. The first-order chi connectivity index (χ1) is 7.60. The third-order valence-corrected chi connectivity index (χ3v) is 2.73. The van der Waals surface area contributed by atoms with Crippen molar-refractivity contribution in [2.45, 2.75) is 46.6 Å². The molecule has 0 aromatic carbocycles. The topological polar surface area (TPSA) is 69.9 Å². The van der Waals surface area contributed by atoms with Crippen molar-refractivity contribution in [2.24, 2.45) is 10.8 Å². The van der Waals surface area contributed by atoms with E-state index >= 15 is 0 Å². The molecule has 0 radical (unpaired) electrons. The third kappa shape index (κ3) is 6.36. The molecule has 0 spiro atoms. The Labute approximate surface area is 105 Å². The Kier molecular flexibility index (Phi) is 6.08. The summed E-state index contributed by atoms with van der Waals surface area (Å²) in [6.07, 6.45) is 0.859. The lowest BCUT2D eigenvalue weighted by molar-refractivity contribution is -0.119. The first-order valence-corrected chi connectivity index (χ1v) is 6.06. The van der Waals surface area contributed by atoms with Crippen LogP contribution < -0.4 is 0 Å². The maximum atomic E-state index is 9.21. The highest BCUT2D eigenvalue weighted by Crippen LogP contribution is 2.31. The lowest BCUT2D eigenvalue weighted by Crippen LogP contribution is -2.42. The van der Waals surface area contributed by atoms with Crippen LogP contribution in [0.2, 0.25) is 0 Å². The minimum absolute atomic E-state index is 0.143. The lowest BCUT2D eigenvalue weighted by Gasteiger charge is -2.36. The fraction of sp³-hybridized carbons (Fsp3) is 1.00.